The van der Waals surface area contributed by atoms with Crippen molar-refractivity contribution < 1.29 is 5.11 Å². The molecule has 1 aromatic carbocycles. The SMILES string of the molecule is C[C@H]1CCCC[C@@]1(O)Cc1ccccc1. The van der Waals surface area contributed by atoms with Gasteiger partial charge in [0.15, 0.2) is 0 Å². The van der Waals surface area contributed by atoms with Gasteiger partial charge in [-0.25, -0.2) is 0 Å². The Balaban J connectivity index is 2.09. The minimum atomic E-state index is -0.459. The van der Waals surface area contributed by atoms with Gasteiger partial charge in [0, 0.05) is 6.42 Å². The summed E-state index contributed by atoms with van der Waals surface area (Å²) in [6, 6.07) is 10.3. The largest absolute Gasteiger partial charge is 0.389 e. The first kappa shape index (κ1) is 10.7. The lowest BCUT2D eigenvalue weighted by atomic mass is 9.73. The Morgan fingerprint density at radius 1 is 1.27 bits per heavy atom. The van der Waals surface area contributed by atoms with Gasteiger partial charge in [0.1, 0.15) is 0 Å². The topological polar surface area (TPSA) is 20.2 Å². The molecule has 1 nitrogen and oxygen atoms in total. The monoisotopic (exact) mass is 204 g/mol. The van der Waals surface area contributed by atoms with Crippen molar-refractivity contribution in [1.82, 2.24) is 0 Å². The molecular formula is C14H20O. The van der Waals surface area contributed by atoms with Crippen LogP contribution in [0.1, 0.15) is 38.2 Å². The molecule has 0 heterocycles. The maximum Gasteiger partial charge on any atom is 0.0713 e. The second kappa shape index (κ2) is 4.36. The van der Waals surface area contributed by atoms with E-state index in [-0.39, 0.29) is 0 Å². The third kappa shape index (κ3) is 2.40. The van der Waals surface area contributed by atoms with Crippen LogP contribution in [0.5, 0.6) is 0 Å². The van der Waals surface area contributed by atoms with E-state index < -0.39 is 5.60 Å². The number of hydrogen-bond acceptors (Lipinski definition) is 1. The van der Waals surface area contributed by atoms with Crippen molar-refractivity contribution in [1.29, 1.82) is 0 Å². The summed E-state index contributed by atoms with van der Waals surface area (Å²) in [6.45, 7) is 2.18. The molecule has 0 spiro atoms. The Bertz CT molecular complexity index is 306. The van der Waals surface area contributed by atoms with Crippen molar-refractivity contribution in [2.24, 2.45) is 5.92 Å². The van der Waals surface area contributed by atoms with E-state index in [1.165, 1.54) is 24.8 Å². The molecule has 1 aliphatic rings. The van der Waals surface area contributed by atoms with Crippen LogP contribution in [-0.2, 0) is 6.42 Å². The van der Waals surface area contributed by atoms with Crippen molar-refractivity contribution in [2.45, 2.75) is 44.6 Å². The zero-order valence-electron chi connectivity index (χ0n) is 9.45. The van der Waals surface area contributed by atoms with Crippen LogP contribution >= 0.6 is 0 Å². The van der Waals surface area contributed by atoms with Gasteiger partial charge in [-0.3, -0.25) is 0 Å². The van der Waals surface area contributed by atoms with Crippen molar-refractivity contribution in [2.75, 3.05) is 0 Å². The number of rotatable bonds is 2. The third-order valence-corrected chi connectivity index (χ3v) is 3.77. The Morgan fingerprint density at radius 2 is 2.00 bits per heavy atom. The summed E-state index contributed by atoms with van der Waals surface area (Å²) in [5.74, 6) is 0.437. The Kier molecular flexibility index (Phi) is 3.11. The quantitative estimate of drug-likeness (QED) is 0.784. The number of benzene rings is 1. The van der Waals surface area contributed by atoms with E-state index in [2.05, 4.69) is 19.1 Å². The van der Waals surface area contributed by atoms with Gasteiger partial charge in [-0.15, -0.1) is 0 Å². The van der Waals surface area contributed by atoms with Gasteiger partial charge in [-0.05, 0) is 24.3 Å². The zero-order valence-corrected chi connectivity index (χ0v) is 9.45. The Hall–Kier alpha value is -0.820. The molecule has 1 fully saturated rings. The van der Waals surface area contributed by atoms with Crippen LogP contribution in [0.2, 0.25) is 0 Å². The van der Waals surface area contributed by atoms with Crippen LogP contribution in [0.4, 0.5) is 0 Å². The predicted molar refractivity (Wildman–Crippen MR) is 62.7 cm³/mol. The van der Waals surface area contributed by atoms with E-state index in [1.54, 1.807) is 0 Å². The van der Waals surface area contributed by atoms with Crippen LogP contribution in [0.15, 0.2) is 30.3 Å². The van der Waals surface area contributed by atoms with Gasteiger partial charge in [-0.1, -0.05) is 50.1 Å². The van der Waals surface area contributed by atoms with E-state index in [0.717, 1.165) is 12.8 Å². The van der Waals surface area contributed by atoms with Gasteiger partial charge >= 0.3 is 0 Å². The lowest BCUT2D eigenvalue weighted by Gasteiger charge is -2.38. The first-order valence-electron chi connectivity index (χ1n) is 5.97. The molecule has 82 valence electrons. The van der Waals surface area contributed by atoms with E-state index in [1.807, 2.05) is 18.2 Å². The highest BCUT2D eigenvalue weighted by Gasteiger charge is 2.35. The van der Waals surface area contributed by atoms with Gasteiger partial charge in [0.25, 0.3) is 0 Å². The molecule has 1 saturated carbocycles. The second-order valence-corrected chi connectivity index (χ2v) is 4.91. The Morgan fingerprint density at radius 3 is 2.67 bits per heavy atom. The number of hydrogen-bond donors (Lipinski definition) is 1. The minimum Gasteiger partial charge on any atom is -0.389 e. The molecule has 0 aromatic heterocycles. The fourth-order valence-electron chi connectivity index (χ4n) is 2.61. The van der Waals surface area contributed by atoms with E-state index >= 15 is 0 Å². The van der Waals surface area contributed by atoms with Crippen LogP contribution in [-0.4, -0.2) is 10.7 Å². The van der Waals surface area contributed by atoms with Crippen LogP contribution in [0.25, 0.3) is 0 Å². The Labute approximate surface area is 92.1 Å². The third-order valence-electron chi connectivity index (χ3n) is 3.77. The molecule has 2 rings (SSSR count). The van der Waals surface area contributed by atoms with Crippen molar-refractivity contribution >= 4 is 0 Å². The highest BCUT2D eigenvalue weighted by Crippen LogP contribution is 2.35. The van der Waals surface area contributed by atoms with Gasteiger partial charge < -0.3 is 5.11 Å². The second-order valence-electron chi connectivity index (χ2n) is 4.91. The molecule has 0 bridgehead atoms. The summed E-state index contributed by atoms with van der Waals surface area (Å²) < 4.78 is 0. The summed E-state index contributed by atoms with van der Waals surface area (Å²) in [6.07, 6.45) is 5.40. The predicted octanol–water partition coefficient (Wildman–Crippen LogP) is 3.17. The van der Waals surface area contributed by atoms with Gasteiger partial charge in [0.05, 0.1) is 5.60 Å². The standard InChI is InChI=1S/C14H20O/c1-12-7-5-6-10-14(12,15)11-13-8-3-2-4-9-13/h2-4,8-9,12,15H,5-7,10-11H2,1H3/t12-,14+/m0/s1. The molecule has 1 heteroatoms. The van der Waals surface area contributed by atoms with Gasteiger partial charge in [0.2, 0.25) is 0 Å². The lowest BCUT2D eigenvalue weighted by Crippen LogP contribution is -2.41. The lowest BCUT2D eigenvalue weighted by molar-refractivity contribution is -0.0405. The highest BCUT2D eigenvalue weighted by atomic mass is 16.3. The molecule has 0 aliphatic heterocycles. The molecule has 1 aromatic rings. The van der Waals surface area contributed by atoms with E-state index in [9.17, 15) is 5.11 Å². The van der Waals surface area contributed by atoms with Gasteiger partial charge in [-0.2, -0.15) is 0 Å². The zero-order chi connectivity index (χ0) is 10.7. The molecule has 0 unspecified atom stereocenters. The number of aliphatic hydroxyl groups is 1. The summed E-state index contributed by atoms with van der Waals surface area (Å²) in [4.78, 5) is 0. The highest BCUT2D eigenvalue weighted by molar-refractivity contribution is 5.17. The first-order valence-corrected chi connectivity index (χ1v) is 5.97. The smallest absolute Gasteiger partial charge is 0.0713 e. The average Bonchev–Trinajstić information content (AvgIpc) is 2.24. The maximum absolute atomic E-state index is 10.6. The molecule has 2 atom stereocenters. The van der Waals surface area contributed by atoms with Crippen molar-refractivity contribution in [3.05, 3.63) is 35.9 Å². The fourth-order valence-corrected chi connectivity index (χ4v) is 2.61. The summed E-state index contributed by atoms with van der Waals surface area (Å²) in [5, 5.41) is 10.6. The molecular weight excluding hydrogens is 184 g/mol. The minimum absolute atomic E-state index is 0.437. The summed E-state index contributed by atoms with van der Waals surface area (Å²) in [5.41, 5.74) is 0.799. The van der Waals surface area contributed by atoms with Crippen molar-refractivity contribution in [3.8, 4) is 0 Å². The fraction of sp³-hybridized carbons (Fsp3) is 0.571. The maximum atomic E-state index is 10.6. The molecule has 0 radical (unpaired) electrons. The normalized spacial score (nSPS) is 31.5. The first-order chi connectivity index (χ1) is 7.21. The molecule has 0 amide bonds. The average molecular weight is 204 g/mol. The van der Waals surface area contributed by atoms with E-state index in [0.29, 0.717) is 5.92 Å². The summed E-state index contributed by atoms with van der Waals surface area (Å²) in [7, 11) is 0. The molecule has 1 N–H and O–H groups in total. The molecule has 0 saturated heterocycles. The molecule has 15 heavy (non-hydrogen) atoms. The van der Waals surface area contributed by atoms with Crippen LogP contribution in [0.3, 0.4) is 0 Å². The molecule has 1 aliphatic carbocycles. The van der Waals surface area contributed by atoms with Crippen LogP contribution in [0, 0.1) is 5.92 Å². The van der Waals surface area contributed by atoms with Crippen molar-refractivity contribution in [3.63, 3.8) is 0 Å². The van der Waals surface area contributed by atoms with Crippen LogP contribution < -0.4 is 0 Å². The summed E-state index contributed by atoms with van der Waals surface area (Å²) >= 11 is 0. The van der Waals surface area contributed by atoms with E-state index in [4.69, 9.17) is 0 Å².